The van der Waals surface area contributed by atoms with Crippen molar-refractivity contribution in [1.82, 2.24) is 10.2 Å². The number of amides is 2. The van der Waals surface area contributed by atoms with Crippen molar-refractivity contribution in [2.45, 2.75) is 25.8 Å². The fourth-order valence-corrected chi connectivity index (χ4v) is 2.99. The molecule has 24 heavy (non-hydrogen) atoms. The van der Waals surface area contributed by atoms with E-state index in [9.17, 15) is 9.59 Å². The summed E-state index contributed by atoms with van der Waals surface area (Å²) in [5, 5.41) is 2.98. The Morgan fingerprint density at radius 3 is 2.79 bits per heavy atom. The third kappa shape index (κ3) is 3.85. The monoisotopic (exact) mass is 326 g/mol. The summed E-state index contributed by atoms with van der Waals surface area (Å²) in [6, 6.07) is 13.7. The number of nitrogens with zero attached hydrogens (tertiary/aromatic N) is 1. The third-order valence-electron chi connectivity index (χ3n) is 4.46. The van der Waals surface area contributed by atoms with Crippen LogP contribution in [-0.2, 0) is 16.1 Å². The number of nitrogens with one attached hydrogen (secondary N) is 1. The van der Waals surface area contributed by atoms with Gasteiger partial charge in [0.1, 0.15) is 5.76 Å². The summed E-state index contributed by atoms with van der Waals surface area (Å²) < 4.78 is 5.27. The molecule has 126 valence electrons. The number of hydrogen-bond acceptors (Lipinski definition) is 3. The fraction of sp³-hybridized carbons (Fsp3) is 0.368. The van der Waals surface area contributed by atoms with E-state index in [2.05, 4.69) is 24.4 Å². The second kappa shape index (κ2) is 7.34. The molecule has 2 aromatic rings. The van der Waals surface area contributed by atoms with Gasteiger partial charge in [0, 0.05) is 19.5 Å². The fourth-order valence-electron chi connectivity index (χ4n) is 2.99. The summed E-state index contributed by atoms with van der Waals surface area (Å²) >= 11 is 0. The SMILES string of the molecule is CC(CNC(=O)C1CC(=O)N(Cc2ccco2)C1)c1ccccc1. The van der Waals surface area contributed by atoms with Crippen molar-refractivity contribution in [2.75, 3.05) is 13.1 Å². The molecule has 5 nitrogen and oxygen atoms in total. The third-order valence-corrected chi connectivity index (χ3v) is 4.46. The Bertz CT molecular complexity index is 682. The molecule has 3 rings (SSSR count). The highest BCUT2D eigenvalue weighted by Crippen LogP contribution is 2.21. The van der Waals surface area contributed by atoms with Crippen LogP contribution in [0, 0.1) is 5.92 Å². The Morgan fingerprint density at radius 2 is 2.08 bits per heavy atom. The van der Waals surface area contributed by atoms with Gasteiger partial charge in [0.05, 0.1) is 18.7 Å². The number of carbonyl (C=O) groups is 2. The molecule has 1 aromatic carbocycles. The second-order valence-electron chi connectivity index (χ2n) is 6.31. The van der Waals surface area contributed by atoms with Gasteiger partial charge in [-0.2, -0.15) is 0 Å². The lowest BCUT2D eigenvalue weighted by Crippen LogP contribution is -2.34. The number of rotatable bonds is 6. The first kappa shape index (κ1) is 16.3. The van der Waals surface area contributed by atoms with E-state index < -0.39 is 0 Å². The predicted molar refractivity (Wildman–Crippen MR) is 90.1 cm³/mol. The first-order chi connectivity index (χ1) is 11.6. The second-order valence-corrected chi connectivity index (χ2v) is 6.31. The first-order valence-electron chi connectivity index (χ1n) is 8.26. The van der Waals surface area contributed by atoms with Gasteiger partial charge < -0.3 is 14.6 Å². The molecule has 5 heteroatoms. The zero-order chi connectivity index (χ0) is 16.9. The normalized spacial score (nSPS) is 18.6. The summed E-state index contributed by atoms with van der Waals surface area (Å²) in [6.07, 6.45) is 1.86. The molecule has 1 fully saturated rings. The van der Waals surface area contributed by atoms with E-state index in [-0.39, 0.29) is 30.1 Å². The number of carbonyl (C=O) groups excluding carboxylic acids is 2. The minimum Gasteiger partial charge on any atom is -0.467 e. The Hall–Kier alpha value is -2.56. The maximum atomic E-state index is 12.4. The smallest absolute Gasteiger partial charge is 0.225 e. The Labute approximate surface area is 141 Å². The standard InChI is InChI=1S/C19H22N2O3/c1-14(15-6-3-2-4-7-15)11-20-19(23)16-10-18(22)21(12-16)13-17-8-5-9-24-17/h2-9,14,16H,10-13H2,1H3,(H,20,23). The summed E-state index contributed by atoms with van der Waals surface area (Å²) in [6.45, 7) is 3.53. The molecule has 2 amide bonds. The Morgan fingerprint density at radius 1 is 1.29 bits per heavy atom. The maximum absolute atomic E-state index is 12.4. The van der Waals surface area contributed by atoms with Gasteiger partial charge in [0.15, 0.2) is 0 Å². The van der Waals surface area contributed by atoms with Gasteiger partial charge in [0.2, 0.25) is 11.8 Å². The lowest BCUT2D eigenvalue weighted by molar-refractivity contribution is -0.129. The van der Waals surface area contributed by atoms with Gasteiger partial charge in [-0.25, -0.2) is 0 Å². The summed E-state index contributed by atoms with van der Waals surface area (Å²) in [7, 11) is 0. The van der Waals surface area contributed by atoms with Gasteiger partial charge in [-0.05, 0) is 23.6 Å². The van der Waals surface area contributed by atoms with Gasteiger partial charge in [-0.1, -0.05) is 37.3 Å². The lowest BCUT2D eigenvalue weighted by Gasteiger charge is -2.17. The molecule has 2 atom stereocenters. The molecule has 0 bridgehead atoms. The predicted octanol–water partition coefficient (Wildman–Crippen LogP) is 2.55. The average molecular weight is 326 g/mol. The van der Waals surface area contributed by atoms with Crippen LogP contribution in [0.3, 0.4) is 0 Å². The van der Waals surface area contributed by atoms with Gasteiger partial charge in [0.25, 0.3) is 0 Å². The van der Waals surface area contributed by atoms with Crippen LogP contribution >= 0.6 is 0 Å². The van der Waals surface area contributed by atoms with Crippen molar-refractivity contribution in [3.8, 4) is 0 Å². The molecule has 1 aromatic heterocycles. The minimum atomic E-state index is -0.282. The van der Waals surface area contributed by atoms with Crippen molar-refractivity contribution < 1.29 is 14.0 Å². The van der Waals surface area contributed by atoms with Gasteiger partial charge in [-0.15, -0.1) is 0 Å². The molecule has 0 saturated carbocycles. The highest BCUT2D eigenvalue weighted by molar-refractivity contribution is 5.89. The molecule has 0 radical (unpaired) electrons. The van der Waals surface area contributed by atoms with Crippen molar-refractivity contribution in [3.05, 3.63) is 60.1 Å². The van der Waals surface area contributed by atoms with E-state index in [0.29, 0.717) is 19.6 Å². The van der Waals surface area contributed by atoms with Crippen molar-refractivity contribution in [3.63, 3.8) is 0 Å². The lowest BCUT2D eigenvalue weighted by atomic mass is 10.0. The number of furan rings is 1. The van der Waals surface area contributed by atoms with Gasteiger partial charge in [-0.3, -0.25) is 9.59 Å². The van der Waals surface area contributed by atoms with Crippen LogP contribution in [0.5, 0.6) is 0 Å². The quantitative estimate of drug-likeness (QED) is 0.887. The number of benzene rings is 1. The van der Waals surface area contributed by atoms with Crippen LogP contribution in [-0.4, -0.2) is 29.8 Å². The van der Waals surface area contributed by atoms with Gasteiger partial charge >= 0.3 is 0 Å². The van der Waals surface area contributed by atoms with Crippen LogP contribution in [0.15, 0.2) is 53.1 Å². The van der Waals surface area contributed by atoms with Crippen LogP contribution in [0.2, 0.25) is 0 Å². The van der Waals surface area contributed by atoms with Crippen LogP contribution in [0.4, 0.5) is 0 Å². The minimum absolute atomic E-state index is 0.00246. The van der Waals surface area contributed by atoms with Crippen LogP contribution in [0.25, 0.3) is 0 Å². The topological polar surface area (TPSA) is 62.6 Å². The highest BCUT2D eigenvalue weighted by Gasteiger charge is 2.34. The van der Waals surface area contributed by atoms with Crippen molar-refractivity contribution in [1.29, 1.82) is 0 Å². The number of hydrogen-bond donors (Lipinski definition) is 1. The zero-order valence-electron chi connectivity index (χ0n) is 13.8. The van der Waals surface area contributed by atoms with E-state index in [1.165, 1.54) is 5.56 Å². The highest BCUT2D eigenvalue weighted by atomic mass is 16.3. The molecular formula is C19H22N2O3. The first-order valence-corrected chi connectivity index (χ1v) is 8.26. The largest absolute Gasteiger partial charge is 0.467 e. The molecule has 1 aliphatic heterocycles. The Kier molecular flexibility index (Phi) is 4.99. The molecule has 1 aliphatic rings. The molecule has 2 unspecified atom stereocenters. The zero-order valence-corrected chi connectivity index (χ0v) is 13.8. The summed E-state index contributed by atoms with van der Waals surface area (Å²) in [5.74, 6) is 0.653. The van der Waals surface area contributed by atoms with E-state index in [1.807, 2.05) is 24.3 Å². The van der Waals surface area contributed by atoms with Crippen molar-refractivity contribution >= 4 is 11.8 Å². The average Bonchev–Trinajstić information content (AvgIpc) is 3.24. The maximum Gasteiger partial charge on any atom is 0.225 e. The Balaban J connectivity index is 1.50. The molecule has 1 N–H and O–H groups in total. The molecule has 0 spiro atoms. The van der Waals surface area contributed by atoms with E-state index in [4.69, 9.17) is 4.42 Å². The molecule has 2 heterocycles. The van der Waals surface area contributed by atoms with Crippen LogP contribution < -0.4 is 5.32 Å². The summed E-state index contributed by atoms with van der Waals surface area (Å²) in [5.41, 5.74) is 1.19. The van der Waals surface area contributed by atoms with E-state index in [1.54, 1.807) is 17.2 Å². The van der Waals surface area contributed by atoms with E-state index in [0.717, 1.165) is 5.76 Å². The molecule has 1 saturated heterocycles. The molecular weight excluding hydrogens is 304 g/mol. The molecule has 0 aliphatic carbocycles. The van der Waals surface area contributed by atoms with Crippen LogP contribution in [0.1, 0.15) is 30.6 Å². The number of likely N-dealkylation sites (tertiary alicyclic amines) is 1. The summed E-state index contributed by atoms with van der Waals surface area (Å²) in [4.78, 5) is 26.1. The van der Waals surface area contributed by atoms with Crippen molar-refractivity contribution in [2.24, 2.45) is 5.92 Å². The van der Waals surface area contributed by atoms with E-state index >= 15 is 0 Å².